The van der Waals surface area contributed by atoms with Gasteiger partial charge in [0.05, 0.1) is 6.04 Å². The van der Waals surface area contributed by atoms with Crippen LogP contribution < -0.4 is 5.73 Å². The van der Waals surface area contributed by atoms with E-state index in [1.165, 1.54) is 24.3 Å². The average Bonchev–Trinajstić information content (AvgIpc) is 2.34. The van der Waals surface area contributed by atoms with Gasteiger partial charge in [0.15, 0.2) is 5.92 Å². The minimum atomic E-state index is -5.46. The summed E-state index contributed by atoms with van der Waals surface area (Å²) < 4.78 is 76.5. The number of halogens is 6. The van der Waals surface area contributed by atoms with Gasteiger partial charge in [0.25, 0.3) is 0 Å². The maximum Gasteiger partial charge on any atom is 0.402 e. The van der Waals surface area contributed by atoms with Crippen molar-refractivity contribution in [2.45, 2.75) is 18.4 Å². The molecule has 2 rings (SSSR count). The van der Waals surface area contributed by atoms with E-state index in [0.29, 0.717) is 5.39 Å². The molecule has 0 aliphatic carbocycles. The van der Waals surface area contributed by atoms with Crippen molar-refractivity contribution in [1.82, 2.24) is 0 Å². The maximum atomic E-state index is 12.8. The van der Waals surface area contributed by atoms with E-state index in [1.807, 2.05) is 0 Å². The molecule has 0 amide bonds. The number of hydrogen-bond donors (Lipinski definition) is 1. The summed E-state index contributed by atoms with van der Waals surface area (Å²) >= 11 is 0. The molecule has 0 aromatic heterocycles. The Hall–Kier alpha value is -1.76. The lowest BCUT2D eigenvalue weighted by Gasteiger charge is -2.29. The van der Waals surface area contributed by atoms with E-state index in [2.05, 4.69) is 0 Å². The van der Waals surface area contributed by atoms with Crippen LogP contribution in [-0.4, -0.2) is 12.4 Å². The molecular formula is C14H11F6N. The lowest BCUT2D eigenvalue weighted by Crippen LogP contribution is -2.44. The molecule has 0 aliphatic heterocycles. The molecule has 1 atom stereocenters. The Morgan fingerprint density at radius 2 is 1.29 bits per heavy atom. The summed E-state index contributed by atoms with van der Waals surface area (Å²) in [7, 11) is 0. The predicted octanol–water partition coefficient (Wildman–Crippen LogP) is 4.58. The zero-order chi connectivity index (χ0) is 15.8. The molecular weight excluding hydrogens is 296 g/mol. The molecule has 0 spiro atoms. The molecule has 1 unspecified atom stereocenters. The zero-order valence-corrected chi connectivity index (χ0v) is 10.5. The third-order valence-corrected chi connectivity index (χ3v) is 3.25. The summed E-state index contributed by atoms with van der Waals surface area (Å²) in [5.41, 5.74) is 5.16. The summed E-state index contributed by atoms with van der Waals surface area (Å²) in [5.74, 6) is -3.60. The van der Waals surface area contributed by atoms with E-state index in [0.717, 1.165) is 0 Å². The molecule has 0 fully saturated rings. The normalized spacial score (nSPS) is 14.7. The van der Waals surface area contributed by atoms with E-state index in [9.17, 15) is 26.3 Å². The van der Waals surface area contributed by atoms with Gasteiger partial charge in [-0.1, -0.05) is 42.5 Å². The third kappa shape index (κ3) is 3.12. The first-order valence-electron chi connectivity index (χ1n) is 5.99. The SMILES string of the molecule is NC(c1cccc2ccccc12)C(C(F)(F)F)C(F)(F)F. The standard InChI is InChI=1S/C14H11F6N/c15-13(16,17)12(14(18,19)20)11(21)10-7-3-5-8-4-1-2-6-9(8)10/h1-7,11-12H,21H2. The number of nitrogens with two attached hydrogens (primary N) is 1. The average molecular weight is 307 g/mol. The minimum Gasteiger partial charge on any atom is -0.323 e. The van der Waals surface area contributed by atoms with Crippen molar-refractivity contribution in [2.75, 3.05) is 0 Å². The third-order valence-electron chi connectivity index (χ3n) is 3.25. The highest BCUT2D eigenvalue weighted by atomic mass is 19.4. The largest absolute Gasteiger partial charge is 0.402 e. The monoisotopic (exact) mass is 307 g/mol. The summed E-state index contributed by atoms with van der Waals surface area (Å²) in [6.45, 7) is 0. The fourth-order valence-electron chi connectivity index (χ4n) is 2.31. The van der Waals surface area contributed by atoms with Crippen molar-refractivity contribution in [1.29, 1.82) is 0 Å². The van der Waals surface area contributed by atoms with Crippen LogP contribution in [0.3, 0.4) is 0 Å². The number of hydrogen-bond acceptors (Lipinski definition) is 1. The molecule has 1 nitrogen and oxygen atoms in total. The highest BCUT2D eigenvalue weighted by Crippen LogP contribution is 2.46. The van der Waals surface area contributed by atoms with Crippen LogP contribution in [0, 0.1) is 5.92 Å². The van der Waals surface area contributed by atoms with Crippen LogP contribution in [0.15, 0.2) is 42.5 Å². The van der Waals surface area contributed by atoms with Gasteiger partial charge in [-0.25, -0.2) is 0 Å². The summed E-state index contributed by atoms with van der Waals surface area (Å²) in [4.78, 5) is 0. The Morgan fingerprint density at radius 3 is 1.86 bits per heavy atom. The van der Waals surface area contributed by atoms with Gasteiger partial charge in [0.2, 0.25) is 0 Å². The van der Waals surface area contributed by atoms with Gasteiger partial charge in [-0.2, -0.15) is 26.3 Å². The van der Waals surface area contributed by atoms with Crippen LogP contribution in [0.2, 0.25) is 0 Å². The van der Waals surface area contributed by atoms with Gasteiger partial charge >= 0.3 is 12.4 Å². The smallest absolute Gasteiger partial charge is 0.323 e. The topological polar surface area (TPSA) is 26.0 Å². The summed E-state index contributed by atoms with van der Waals surface area (Å²) in [6.07, 6.45) is -10.9. The van der Waals surface area contributed by atoms with E-state index in [1.54, 1.807) is 18.2 Å². The quantitative estimate of drug-likeness (QED) is 0.807. The summed E-state index contributed by atoms with van der Waals surface area (Å²) in [5, 5.41) is 0.819. The molecule has 7 heteroatoms. The van der Waals surface area contributed by atoms with Gasteiger partial charge in [-0.3, -0.25) is 0 Å². The Balaban J connectivity index is 2.57. The molecule has 2 aromatic rings. The molecule has 0 saturated carbocycles. The second kappa shape index (κ2) is 5.22. The van der Waals surface area contributed by atoms with Crippen LogP contribution in [0.4, 0.5) is 26.3 Å². The first kappa shape index (κ1) is 15.6. The lowest BCUT2D eigenvalue weighted by molar-refractivity contribution is -0.290. The molecule has 0 aliphatic rings. The van der Waals surface area contributed by atoms with E-state index in [4.69, 9.17) is 5.73 Å². The highest BCUT2D eigenvalue weighted by Gasteiger charge is 2.59. The second-order valence-corrected chi connectivity index (χ2v) is 4.66. The van der Waals surface area contributed by atoms with Crippen molar-refractivity contribution in [3.8, 4) is 0 Å². The van der Waals surface area contributed by atoms with Crippen LogP contribution >= 0.6 is 0 Å². The first-order chi connectivity index (χ1) is 9.62. The fraction of sp³-hybridized carbons (Fsp3) is 0.286. The van der Waals surface area contributed by atoms with Crippen molar-refractivity contribution < 1.29 is 26.3 Å². The Labute approximate surface area is 116 Å². The van der Waals surface area contributed by atoms with E-state index in [-0.39, 0.29) is 10.9 Å². The van der Waals surface area contributed by atoms with Crippen molar-refractivity contribution >= 4 is 10.8 Å². The Morgan fingerprint density at radius 1 is 0.762 bits per heavy atom. The maximum absolute atomic E-state index is 12.8. The molecule has 0 radical (unpaired) electrons. The Bertz CT molecular complexity index is 612. The van der Waals surface area contributed by atoms with Gasteiger partial charge in [0, 0.05) is 0 Å². The predicted molar refractivity (Wildman–Crippen MR) is 66.5 cm³/mol. The number of benzene rings is 2. The van der Waals surface area contributed by atoms with Crippen LogP contribution in [0.25, 0.3) is 10.8 Å². The molecule has 2 aromatic carbocycles. The highest BCUT2D eigenvalue weighted by molar-refractivity contribution is 5.86. The van der Waals surface area contributed by atoms with Crippen LogP contribution in [0.5, 0.6) is 0 Å². The van der Waals surface area contributed by atoms with Crippen molar-refractivity contribution in [2.24, 2.45) is 11.7 Å². The van der Waals surface area contributed by atoms with E-state index < -0.39 is 24.3 Å². The van der Waals surface area contributed by atoms with Crippen molar-refractivity contribution in [3.05, 3.63) is 48.0 Å². The molecule has 0 bridgehead atoms. The molecule has 2 N–H and O–H groups in total. The van der Waals surface area contributed by atoms with Crippen LogP contribution in [-0.2, 0) is 0 Å². The lowest BCUT2D eigenvalue weighted by atomic mass is 9.89. The first-order valence-corrected chi connectivity index (χ1v) is 5.99. The minimum absolute atomic E-state index is 0.173. The van der Waals surface area contributed by atoms with Crippen molar-refractivity contribution in [3.63, 3.8) is 0 Å². The number of alkyl halides is 6. The van der Waals surface area contributed by atoms with Gasteiger partial charge < -0.3 is 5.73 Å². The van der Waals surface area contributed by atoms with E-state index >= 15 is 0 Å². The molecule has 0 heterocycles. The molecule has 0 saturated heterocycles. The molecule has 21 heavy (non-hydrogen) atoms. The zero-order valence-electron chi connectivity index (χ0n) is 10.5. The van der Waals surface area contributed by atoms with Gasteiger partial charge in [0.1, 0.15) is 0 Å². The van der Waals surface area contributed by atoms with Gasteiger partial charge in [-0.15, -0.1) is 0 Å². The number of rotatable bonds is 2. The number of fused-ring (bicyclic) bond motifs is 1. The summed E-state index contributed by atoms with van der Waals surface area (Å²) in [6, 6.07) is 8.20. The second-order valence-electron chi connectivity index (χ2n) is 4.66. The Kier molecular flexibility index (Phi) is 3.88. The molecule has 114 valence electrons. The fourth-order valence-corrected chi connectivity index (χ4v) is 2.31. The van der Waals surface area contributed by atoms with Gasteiger partial charge in [-0.05, 0) is 16.3 Å². The van der Waals surface area contributed by atoms with Crippen LogP contribution in [0.1, 0.15) is 11.6 Å².